The summed E-state index contributed by atoms with van der Waals surface area (Å²) in [5.74, 6) is 1.07. The summed E-state index contributed by atoms with van der Waals surface area (Å²) in [7, 11) is 0. The van der Waals surface area contributed by atoms with Crippen LogP contribution in [0.3, 0.4) is 0 Å². The minimum atomic E-state index is 0.908. The number of hydrogen-bond acceptors (Lipinski definition) is 4. The van der Waals surface area contributed by atoms with Crippen molar-refractivity contribution < 1.29 is 0 Å². The van der Waals surface area contributed by atoms with Crippen LogP contribution >= 0.6 is 11.8 Å². The standard InChI is InChI=1S/C12H11N3S/c1-3-9-4-2-6-13-11(9)10(5-1)15-12-14-7-8-16-12/h1-6H,7-8H2,(H,14,15). The second kappa shape index (κ2) is 4.14. The highest BCUT2D eigenvalue weighted by Gasteiger charge is 2.08. The van der Waals surface area contributed by atoms with Crippen molar-refractivity contribution in [1.82, 2.24) is 4.98 Å². The molecule has 2 aromatic rings. The Balaban J connectivity index is 2.02. The topological polar surface area (TPSA) is 37.3 Å². The molecule has 0 atom stereocenters. The van der Waals surface area contributed by atoms with Gasteiger partial charge < -0.3 is 5.32 Å². The Kier molecular flexibility index (Phi) is 2.50. The molecular formula is C12H11N3S. The molecule has 1 aliphatic heterocycles. The Morgan fingerprint density at radius 1 is 1.19 bits per heavy atom. The average molecular weight is 229 g/mol. The molecule has 0 unspecified atom stereocenters. The van der Waals surface area contributed by atoms with E-state index in [1.165, 1.54) is 0 Å². The fraction of sp³-hybridized carbons (Fsp3) is 0.167. The van der Waals surface area contributed by atoms with E-state index in [-0.39, 0.29) is 0 Å². The van der Waals surface area contributed by atoms with Crippen LogP contribution in [0.5, 0.6) is 0 Å². The molecule has 0 aliphatic carbocycles. The number of nitrogens with zero attached hydrogens (tertiary/aromatic N) is 2. The molecular weight excluding hydrogens is 218 g/mol. The summed E-state index contributed by atoms with van der Waals surface area (Å²) in [5, 5.41) is 5.48. The van der Waals surface area contributed by atoms with E-state index in [9.17, 15) is 0 Å². The molecule has 0 saturated carbocycles. The van der Waals surface area contributed by atoms with Crippen LogP contribution in [-0.2, 0) is 0 Å². The zero-order valence-electron chi connectivity index (χ0n) is 8.68. The average Bonchev–Trinajstić information content (AvgIpc) is 2.82. The minimum Gasteiger partial charge on any atom is -0.333 e. The number of thioether (sulfide) groups is 1. The summed E-state index contributed by atoms with van der Waals surface area (Å²) in [6, 6.07) is 10.2. The Bertz CT molecular complexity index is 545. The summed E-state index contributed by atoms with van der Waals surface area (Å²) in [6.45, 7) is 0.908. The van der Waals surface area contributed by atoms with Gasteiger partial charge in [-0.05, 0) is 12.1 Å². The van der Waals surface area contributed by atoms with E-state index >= 15 is 0 Å². The van der Waals surface area contributed by atoms with Gasteiger partial charge in [0, 0.05) is 17.3 Å². The number of para-hydroxylation sites is 1. The number of nitrogens with one attached hydrogen (secondary N) is 1. The third-order valence-corrected chi connectivity index (χ3v) is 3.35. The lowest BCUT2D eigenvalue weighted by atomic mass is 10.2. The highest BCUT2D eigenvalue weighted by Crippen LogP contribution is 2.23. The SMILES string of the molecule is c1cnc2c(NC3=NCCS3)cccc2c1. The first-order valence-electron chi connectivity index (χ1n) is 5.21. The van der Waals surface area contributed by atoms with Crippen LogP contribution in [0.25, 0.3) is 10.9 Å². The van der Waals surface area contributed by atoms with Crippen LogP contribution < -0.4 is 5.32 Å². The third kappa shape index (κ3) is 1.76. The highest BCUT2D eigenvalue weighted by atomic mass is 32.2. The number of rotatable bonds is 1. The first-order chi connectivity index (χ1) is 7.93. The Morgan fingerprint density at radius 3 is 3.00 bits per heavy atom. The molecule has 1 aliphatic rings. The summed E-state index contributed by atoms with van der Waals surface area (Å²) in [4.78, 5) is 8.77. The molecule has 4 heteroatoms. The van der Waals surface area contributed by atoms with Gasteiger partial charge in [-0.3, -0.25) is 9.98 Å². The first kappa shape index (κ1) is 9.66. The summed E-state index contributed by atoms with van der Waals surface area (Å²) >= 11 is 1.76. The number of aliphatic imine (C=N–C) groups is 1. The van der Waals surface area contributed by atoms with Crippen molar-refractivity contribution in [2.45, 2.75) is 0 Å². The summed E-state index contributed by atoms with van der Waals surface area (Å²) in [5.41, 5.74) is 2.03. The molecule has 80 valence electrons. The lowest BCUT2D eigenvalue weighted by molar-refractivity contribution is 1.17. The molecule has 3 nitrogen and oxygen atoms in total. The Labute approximate surface area is 98.0 Å². The molecule has 1 aromatic carbocycles. The number of fused-ring (bicyclic) bond motifs is 1. The number of benzene rings is 1. The van der Waals surface area contributed by atoms with Crippen molar-refractivity contribution >= 4 is 33.5 Å². The molecule has 3 rings (SSSR count). The van der Waals surface area contributed by atoms with E-state index < -0.39 is 0 Å². The molecule has 1 aromatic heterocycles. The number of amidine groups is 1. The van der Waals surface area contributed by atoms with E-state index in [1.54, 1.807) is 11.8 Å². The van der Waals surface area contributed by atoms with Gasteiger partial charge in [0.2, 0.25) is 0 Å². The van der Waals surface area contributed by atoms with Gasteiger partial charge in [-0.25, -0.2) is 0 Å². The van der Waals surface area contributed by atoms with Crippen LogP contribution in [0.15, 0.2) is 41.5 Å². The van der Waals surface area contributed by atoms with Crippen LogP contribution in [0.1, 0.15) is 0 Å². The van der Waals surface area contributed by atoms with Crippen LogP contribution in [0.4, 0.5) is 5.69 Å². The first-order valence-corrected chi connectivity index (χ1v) is 6.20. The maximum atomic E-state index is 4.40. The molecule has 0 saturated heterocycles. The number of pyridine rings is 1. The van der Waals surface area contributed by atoms with Gasteiger partial charge in [-0.2, -0.15) is 0 Å². The third-order valence-electron chi connectivity index (χ3n) is 2.46. The van der Waals surface area contributed by atoms with Crippen molar-refractivity contribution in [3.8, 4) is 0 Å². The van der Waals surface area contributed by atoms with E-state index in [2.05, 4.69) is 27.4 Å². The maximum Gasteiger partial charge on any atom is 0.161 e. The molecule has 0 spiro atoms. The number of hydrogen-bond donors (Lipinski definition) is 1. The molecule has 0 bridgehead atoms. The van der Waals surface area contributed by atoms with Gasteiger partial charge >= 0.3 is 0 Å². The Hall–Kier alpha value is -1.55. The molecule has 16 heavy (non-hydrogen) atoms. The van der Waals surface area contributed by atoms with Crippen LogP contribution in [-0.4, -0.2) is 22.4 Å². The van der Waals surface area contributed by atoms with Crippen molar-refractivity contribution in [2.24, 2.45) is 4.99 Å². The molecule has 1 N–H and O–H groups in total. The van der Waals surface area contributed by atoms with Gasteiger partial charge in [0.1, 0.15) is 0 Å². The van der Waals surface area contributed by atoms with Crippen molar-refractivity contribution in [3.05, 3.63) is 36.5 Å². The van der Waals surface area contributed by atoms with E-state index in [4.69, 9.17) is 0 Å². The van der Waals surface area contributed by atoms with Crippen LogP contribution in [0.2, 0.25) is 0 Å². The minimum absolute atomic E-state index is 0.908. The second-order valence-corrected chi connectivity index (χ2v) is 4.62. The Morgan fingerprint density at radius 2 is 2.12 bits per heavy atom. The van der Waals surface area contributed by atoms with E-state index in [1.807, 2.05) is 24.4 Å². The molecule has 0 radical (unpaired) electrons. The highest BCUT2D eigenvalue weighted by molar-refractivity contribution is 8.14. The van der Waals surface area contributed by atoms with Gasteiger partial charge in [0.05, 0.1) is 17.7 Å². The lowest BCUT2D eigenvalue weighted by Gasteiger charge is -2.07. The van der Waals surface area contributed by atoms with Crippen LogP contribution in [0, 0.1) is 0 Å². The number of anilines is 1. The van der Waals surface area contributed by atoms with Crippen molar-refractivity contribution in [2.75, 3.05) is 17.6 Å². The van der Waals surface area contributed by atoms with Gasteiger partial charge in [-0.1, -0.05) is 30.0 Å². The van der Waals surface area contributed by atoms with E-state index in [0.29, 0.717) is 0 Å². The van der Waals surface area contributed by atoms with Gasteiger partial charge in [0.15, 0.2) is 5.17 Å². The van der Waals surface area contributed by atoms with Gasteiger partial charge in [-0.15, -0.1) is 0 Å². The van der Waals surface area contributed by atoms with Gasteiger partial charge in [0.25, 0.3) is 0 Å². The fourth-order valence-corrected chi connectivity index (χ4v) is 2.47. The molecule has 0 fully saturated rings. The smallest absolute Gasteiger partial charge is 0.161 e. The van der Waals surface area contributed by atoms with E-state index in [0.717, 1.165) is 34.1 Å². The normalized spacial score (nSPS) is 15.1. The predicted octanol–water partition coefficient (Wildman–Crippen LogP) is 2.75. The maximum absolute atomic E-state index is 4.40. The second-order valence-electron chi connectivity index (χ2n) is 3.54. The number of aromatic nitrogens is 1. The monoisotopic (exact) mass is 229 g/mol. The molecule has 0 amide bonds. The lowest BCUT2D eigenvalue weighted by Crippen LogP contribution is -2.05. The largest absolute Gasteiger partial charge is 0.333 e. The fourth-order valence-electron chi connectivity index (χ4n) is 1.73. The van der Waals surface area contributed by atoms with Crippen molar-refractivity contribution in [3.63, 3.8) is 0 Å². The molecule has 2 heterocycles. The summed E-state index contributed by atoms with van der Waals surface area (Å²) < 4.78 is 0. The quantitative estimate of drug-likeness (QED) is 0.817. The zero-order chi connectivity index (χ0) is 10.8. The summed E-state index contributed by atoms with van der Waals surface area (Å²) in [6.07, 6.45) is 1.82. The van der Waals surface area contributed by atoms with Crippen molar-refractivity contribution in [1.29, 1.82) is 0 Å². The predicted molar refractivity (Wildman–Crippen MR) is 70.1 cm³/mol. The zero-order valence-corrected chi connectivity index (χ0v) is 9.50.